The number of carbonyl (C=O) groups excluding carboxylic acids is 1. The lowest BCUT2D eigenvalue weighted by Gasteiger charge is -2.09. The van der Waals surface area contributed by atoms with Gasteiger partial charge in [0.1, 0.15) is 12.4 Å². The van der Waals surface area contributed by atoms with Crippen molar-refractivity contribution in [3.8, 4) is 5.75 Å². The molecule has 0 heterocycles. The molecule has 0 fully saturated rings. The Balaban J connectivity index is 1.95. The molecule has 0 radical (unpaired) electrons. The number of hydrogen-bond donors (Lipinski definition) is 2. The summed E-state index contributed by atoms with van der Waals surface area (Å²) in [6.07, 6.45) is 0. The number of hydrogen-bond acceptors (Lipinski definition) is 3. The molecule has 2 aromatic rings. The standard InChI is InChI=1S/C18H22N2O2/c1-14-5-3-6-15(11-14)13-22-17-8-4-7-16(12-17)18(21)20-10-9-19-2/h3-8,11-12,19H,9-10,13H2,1-2H3,(H,20,21). The molecule has 4 nitrogen and oxygen atoms in total. The van der Waals surface area contributed by atoms with E-state index in [0.29, 0.717) is 24.5 Å². The van der Waals surface area contributed by atoms with Gasteiger partial charge in [0.25, 0.3) is 5.91 Å². The highest BCUT2D eigenvalue weighted by atomic mass is 16.5. The minimum Gasteiger partial charge on any atom is -0.489 e. The second-order valence-electron chi connectivity index (χ2n) is 5.17. The van der Waals surface area contributed by atoms with E-state index in [-0.39, 0.29) is 5.91 Å². The Hall–Kier alpha value is -2.33. The molecule has 0 spiro atoms. The molecule has 0 aliphatic heterocycles. The van der Waals surface area contributed by atoms with Gasteiger partial charge in [0, 0.05) is 18.7 Å². The van der Waals surface area contributed by atoms with Crippen molar-refractivity contribution in [3.05, 3.63) is 65.2 Å². The van der Waals surface area contributed by atoms with Crippen molar-refractivity contribution in [2.24, 2.45) is 0 Å². The largest absolute Gasteiger partial charge is 0.489 e. The predicted octanol–water partition coefficient (Wildman–Crippen LogP) is 2.52. The van der Waals surface area contributed by atoms with Crippen molar-refractivity contribution in [1.29, 1.82) is 0 Å². The zero-order chi connectivity index (χ0) is 15.8. The molecular weight excluding hydrogens is 276 g/mol. The van der Waals surface area contributed by atoms with Crippen LogP contribution >= 0.6 is 0 Å². The summed E-state index contributed by atoms with van der Waals surface area (Å²) in [5.74, 6) is 0.610. The Bertz CT molecular complexity index is 626. The molecule has 0 unspecified atom stereocenters. The quantitative estimate of drug-likeness (QED) is 0.772. The number of likely N-dealkylation sites (N-methyl/N-ethyl adjacent to an activating group) is 1. The second kappa shape index (κ2) is 8.20. The van der Waals surface area contributed by atoms with Crippen molar-refractivity contribution in [2.75, 3.05) is 20.1 Å². The first-order valence-electron chi connectivity index (χ1n) is 7.40. The predicted molar refractivity (Wildman–Crippen MR) is 88.2 cm³/mol. The van der Waals surface area contributed by atoms with Crippen molar-refractivity contribution in [2.45, 2.75) is 13.5 Å². The highest BCUT2D eigenvalue weighted by molar-refractivity contribution is 5.94. The Kier molecular flexibility index (Phi) is 5.98. The number of rotatable bonds is 7. The molecule has 2 rings (SSSR count). The van der Waals surface area contributed by atoms with E-state index in [1.807, 2.05) is 31.3 Å². The first kappa shape index (κ1) is 16.0. The third kappa shape index (κ3) is 4.90. The van der Waals surface area contributed by atoms with Gasteiger partial charge in [-0.25, -0.2) is 0 Å². The van der Waals surface area contributed by atoms with Crippen LogP contribution in [0.4, 0.5) is 0 Å². The van der Waals surface area contributed by atoms with Crippen LogP contribution in [0.15, 0.2) is 48.5 Å². The molecule has 0 aliphatic rings. The van der Waals surface area contributed by atoms with E-state index >= 15 is 0 Å². The van der Waals surface area contributed by atoms with E-state index in [4.69, 9.17) is 4.74 Å². The molecule has 0 aromatic heterocycles. The van der Waals surface area contributed by atoms with E-state index in [0.717, 1.165) is 12.1 Å². The topological polar surface area (TPSA) is 50.4 Å². The van der Waals surface area contributed by atoms with Gasteiger partial charge in [-0.1, -0.05) is 35.9 Å². The van der Waals surface area contributed by atoms with E-state index < -0.39 is 0 Å². The molecule has 0 bridgehead atoms. The highest BCUT2D eigenvalue weighted by Gasteiger charge is 2.06. The lowest BCUT2D eigenvalue weighted by atomic mass is 10.1. The fourth-order valence-electron chi connectivity index (χ4n) is 2.10. The molecule has 22 heavy (non-hydrogen) atoms. The average Bonchev–Trinajstić information content (AvgIpc) is 2.53. The van der Waals surface area contributed by atoms with Crippen LogP contribution in [0.1, 0.15) is 21.5 Å². The fourth-order valence-corrected chi connectivity index (χ4v) is 2.10. The lowest BCUT2D eigenvalue weighted by Crippen LogP contribution is -2.30. The summed E-state index contributed by atoms with van der Waals surface area (Å²) in [4.78, 5) is 12.0. The molecule has 2 aromatic carbocycles. The molecule has 0 saturated carbocycles. The van der Waals surface area contributed by atoms with E-state index in [2.05, 4.69) is 29.7 Å². The molecular formula is C18H22N2O2. The van der Waals surface area contributed by atoms with Crippen molar-refractivity contribution < 1.29 is 9.53 Å². The number of nitrogens with one attached hydrogen (secondary N) is 2. The van der Waals surface area contributed by atoms with E-state index in [1.54, 1.807) is 12.1 Å². The first-order valence-corrected chi connectivity index (χ1v) is 7.40. The summed E-state index contributed by atoms with van der Waals surface area (Å²) in [5, 5.41) is 5.84. The van der Waals surface area contributed by atoms with Gasteiger partial charge < -0.3 is 15.4 Å². The lowest BCUT2D eigenvalue weighted by molar-refractivity contribution is 0.0953. The van der Waals surface area contributed by atoms with Crippen LogP contribution in [0.25, 0.3) is 0 Å². The maximum atomic E-state index is 12.0. The van der Waals surface area contributed by atoms with Crippen molar-refractivity contribution in [1.82, 2.24) is 10.6 Å². The second-order valence-corrected chi connectivity index (χ2v) is 5.17. The maximum Gasteiger partial charge on any atom is 0.251 e. The minimum atomic E-state index is -0.0868. The van der Waals surface area contributed by atoms with Gasteiger partial charge in [-0.2, -0.15) is 0 Å². The molecule has 116 valence electrons. The van der Waals surface area contributed by atoms with E-state index in [9.17, 15) is 4.79 Å². The summed E-state index contributed by atoms with van der Waals surface area (Å²) >= 11 is 0. The number of carbonyl (C=O) groups is 1. The Morgan fingerprint density at radius 1 is 1.09 bits per heavy atom. The average molecular weight is 298 g/mol. The van der Waals surface area contributed by atoms with Gasteiger partial charge in [-0.15, -0.1) is 0 Å². The molecule has 0 atom stereocenters. The van der Waals surface area contributed by atoms with Gasteiger partial charge in [-0.05, 0) is 37.7 Å². The van der Waals surface area contributed by atoms with Gasteiger partial charge >= 0.3 is 0 Å². The Morgan fingerprint density at radius 2 is 1.91 bits per heavy atom. The van der Waals surface area contributed by atoms with Gasteiger partial charge in [0.2, 0.25) is 0 Å². The van der Waals surface area contributed by atoms with Crippen molar-refractivity contribution in [3.63, 3.8) is 0 Å². The zero-order valence-corrected chi connectivity index (χ0v) is 13.1. The first-order chi connectivity index (χ1) is 10.7. The van der Waals surface area contributed by atoms with Crippen LogP contribution in [0.5, 0.6) is 5.75 Å². The number of aryl methyl sites for hydroxylation is 1. The number of ether oxygens (including phenoxy) is 1. The van der Waals surface area contributed by atoms with Gasteiger partial charge in [0.05, 0.1) is 0 Å². The molecule has 4 heteroatoms. The summed E-state index contributed by atoms with van der Waals surface area (Å²) in [6.45, 7) is 3.89. The third-order valence-corrected chi connectivity index (χ3v) is 3.24. The van der Waals surface area contributed by atoms with Crippen LogP contribution in [0.2, 0.25) is 0 Å². The zero-order valence-electron chi connectivity index (χ0n) is 13.1. The van der Waals surface area contributed by atoms with Gasteiger partial charge in [-0.3, -0.25) is 4.79 Å². The maximum absolute atomic E-state index is 12.0. The number of benzene rings is 2. The van der Waals surface area contributed by atoms with Crippen LogP contribution in [0, 0.1) is 6.92 Å². The summed E-state index contributed by atoms with van der Waals surface area (Å²) in [5.41, 5.74) is 2.93. The number of amides is 1. The normalized spacial score (nSPS) is 10.3. The molecule has 0 aliphatic carbocycles. The Labute approximate surface area is 131 Å². The molecule has 1 amide bonds. The van der Waals surface area contributed by atoms with Crippen LogP contribution in [0.3, 0.4) is 0 Å². The van der Waals surface area contributed by atoms with Crippen molar-refractivity contribution >= 4 is 5.91 Å². The minimum absolute atomic E-state index is 0.0868. The van der Waals surface area contributed by atoms with Crippen LogP contribution < -0.4 is 15.4 Å². The SMILES string of the molecule is CNCCNC(=O)c1cccc(OCc2cccc(C)c2)c1. The Morgan fingerprint density at radius 3 is 2.68 bits per heavy atom. The van der Waals surface area contributed by atoms with Gasteiger partial charge in [0.15, 0.2) is 0 Å². The summed E-state index contributed by atoms with van der Waals surface area (Å²) in [7, 11) is 1.85. The molecule has 2 N–H and O–H groups in total. The van der Waals surface area contributed by atoms with Crippen LogP contribution in [-0.2, 0) is 6.61 Å². The fraction of sp³-hybridized carbons (Fsp3) is 0.278. The molecule has 0 saturated heterocycles. The monoisotopic (exact) mass is 298 g/mol. The van der Waals surface area contributed by atoms with Crippen LogP contribution in [-0.4, -0.2) is 26.0 Å². The van der Waals surface area contributed by atoms with E-state index in [1.165, 1.54) is 5.56 Å². The summed E-state index contributed by atoms with van der Waals surface area (Å²) in [6, 6.07) is 15.4. The highest BCUT2D eigenvalue weighted by Crippen LogP contribution is 2.15. The summed E-state index contributed by atoms with van der Waals surface area (Å²) < 4.78 is 5.77. The third-order valence-electron chi connectivity index (χ3n) is 3.24. The smallest absolute Gasteiger partial charge is 0.251 e.